The minimum Gasteiger partial charge on any atom is -0.394 e. The highest BCUT2D eigenvalue weighted by atomic mass is 16.5. The third kappa shape index (κ3) is 1.86. The maximum absolute atomic E-state index is 9.70. The van der Waals surface area contributed by atoms with Crippen molar-refractivity contribution in [3.8, 4) is 0 Å². The van der Waals surface area contributed by atoms with Crippen LogP contribution in [0, 0.1) is 0 Å². The maximum atomic E-state index is 9.70. The Kier molecular flexibility index (Phi) is 2.66. The number of para-hydroxylation sites is 2. The molecule has 4 N–H and O–H groups in total. The lowest BCUT2D eigenvalue weighted by Gasteiger charge is -2.26. The molecule has 5 nitrogen and oxygen atoms in total. The van der Waals surface area contributed by atoms with Crippen molar-refractivity contribution in [3.63, 3.8) is 0 Å². The lowest BCUT2D eigenvalue weighted by Crippen LogP contribution is -2.41. The monoisotopic (exact) mass is 236 g/mol. The number of nitrogens with one attached hydrogen (secondary N) is 2. The molecule has 1 fully saturated rings. The molecule has 2 aliphatic heterocycles. The summed E-state index contributed by atoms with van der Waals surface area (Å²) >= 11 is 0. The Balaban J connectivity index is 1.86. The van der Waals surface area contributed by atoms with E-state index in [9.17, 15) is 5.11 Å². The summed E-state index contributed by atoms with van der Waals surface area (Å²) < 4.78 is 5.69. The molecule has 0 radical (unpaired) electrons. The van der Waals surface area contributed by atoms with Crippen molar-refractivity contribution in [2.24, 2.45) is 0 Å². The zero-order valence-corrected chi connectivity index (χ0v) is 9.34. The first-order valence-electron chi connectivity index (χ1n) is 5.84. The predicted molar refractivity (Wildman–Crippen MR) is 63.8 cm³/mol. The predicted octanol–water partition coefficient (Wildman–Crippen LogP) is 0.361. The zero-order chi connectivity index (χ0) is 11.8. The summed E-state index contributed by atoms with van der Waals surface area (Å²) in [6.45, 7) is -0.281. The summed E-state index contributed by atoms with van der Waals surface area (Å²) in [5, 5.41) is 25.3. The van der Waals surface area contributed by atoms with E-state index in [1.54, 1.807) is 0 Å². The fraction of sp³-hybridized carbons (Fsp3) is 0.500. The Hall–Kier alpha value is -1.30. The van der Waals surface area contributed by atoms with Crippen LogP contribution >= 0.6 is 0 Å². The van der Waals surface area contributed by atoms with E-state index >= 15 is 0 Å². The van der Waals surface area contributed by atoms with Gasteiger partial charge in [0.1, 0.15) is 18.4 Å². The number of aliphatic hydroxyl groups is 2. The van der Waals surface area contributed by atoms with Crippen molar-refractivity contribution in [2.45, 2.75) is 30.9 Å². The van der Waals surface area contributed by atoms with Gasteiger partial charge in [0.25, 0.3) is 0 Å². The average Bonchev–Trinajstić information content (AvgIpc) is 2.62. The molecular formula is C12H16N2O3. The number of hydrogen-bond donors (Lipinski definition) is 4. The van der Waals surface area contributed by atoms with Crippen LogP contribution in [0.25, 0.3) is 0 Å². The van der Waals surface area contributed by atoms with Crippen molar-refractivity contribution in [1.29, 1.82) is 0 Å². The number of anilines is 2. The summed E-state index contributed by atoms with van der Waals surface area (Å²) in [7, 11) is 0. The van der Waals surface area contributed by atoms with Gasteiger partial charge in [-0.15, -0.1) is 0 Å². The van der Waals surface area contributed by atoms with E-state index in [-0.39, 0.29) is 25.0 Å². The number of aliphatic hydroxyl groups excluding tert-OH is 2. The van der Waals surface area contributed by atoms with Crippen LogP contribution < -0.4 is 10.6 Å². The van der Waals surface area contributed by atoms with Crippen LogP contribution in [0.2, 0.25) is 0 Å². The minimum absolute atomic E-state index is 0.0262. The Bertz CT molecular complexity index is 412. The second-order valence-corrected chi connectivity index (χ2v) is 4.52. The molecule has 2 aliphatic rings. The van der Waals surface area contributed by atoms with Crippen LogP contribution in [0.15, 0.2) is 24.3 Å². The molecule has 2 bridgehead atoms. The van der Waals surface area contributed by atoms with E-state index in [0.717, 1.165) is 17.8 Å². The summed E-state index contributed by atoms with van der Waals surface area (Å²) in [6, 6.07) is 7.94. The van der Waals surface area contributed by atoms with Crippen molar-refractivity contribution in [1.82, 2.24) is 0 Å². The lowest BCUT2D eigenvalue weighted by atomic mass is 10.1. The number of rotatable bonds is 2. The Morgan fingerprint density at radius 1 is 1.29 bits per heavy atom. The van der Waals surface area contributed by atoms with Crippen LogP contribution in [0.4, 0.5) is 11.4 Å². The number of benzene rings is 1. The topological polar surface area (TPSA) is 73.8 Å². The lowest BCUT2D eigenvalue weighted by molar-refractivity contribution is -0.0499. The molecule has 0 aliphatic carbocycles. The van der Waals surface area contributed by atoms with Gasteiger partial charge in [-0.1, -0.05) is 12.1 Å². The van der Waals surface area contributed by atoms with E-state index in [4.69, 9.17) is 9.84 Å². The van der Waals surface area contributed by atoms with Gasteiger partial charge < -0.3 is 25.6 Å². The standard InChI is InChI=1S/C12H16N2O3/c15-6-10(16)12-9-5-11(17-12)14-8-4-2-1-3-7(8)13-9/h1-4,9-16H,5-6H2/t9-,10+,11+,12-/m0/s1. The molecular weight excluding hydrogens is 220 g/mol. The molecule has 1 saturated heterocycles. The Morgan fingerprint density at radius 2 is 2.00 bits per heavy atom. The first-order chi connectivity index (χ1) is 8.28. The normalized spacial score (nSPS) is 32.0. The molecule has 1 aromatic rings. The van der Waals surface area contributed by atoms with E-state index in [1.807, 2.05) is 24.3 Å². The fourth-order valence-corrected chi connectivity index (χ4v) is 2.51. The number of fused-ring (bicyclic) bond motifs is 3. The van der Waals surface area contributed by atoms with Crippen molar-refractivity contribution in [3.05, 3.63) is 24.3 Å². The van der Waals surface area contributed by atoms with Crippen LogP contribution in [-0.4, -0.2) is 41.3 Å². The molecule has 92 valence electrons. The largest absolute Gasteiger partial charge is 0.394 e. The highest BCUT2D eigenvalue weighted by Crippen LogP contribution is 2.34. The fourth-order valence-electron chi connectivity index (χ4n) is 2.51. The average molecular weight is 236 g/mol. The zero-order valence-electron chi connectivity index (χ0n) is 9.34. The summed E-state index contributed by atoms with van der Waals surface area (Å²) in [4.78, 5) is 0. The van der Waals surface area contributed by atoms with Gasteiger partial charge in [-0.2, -0.15) is 0 Å². The Morgan fingerprint density at radius 3 is 2.71 bits per heavy atom. The molecule has 0 amide bonds. The number of hydrogen-bond acceptors (Lipinski definition) is 5. The summed E-state index contributed by atoms with van der Waals surface area (Å²) in [6.07, 6.45) is -0.547. The highest BCUT2D eigenvalue weighted by Gasteiger charge is 2.41. The second-order valence-electron chi connectivity index (χ2n) is 4.52. The van der Waals surface area contributed by atoms with Gasteiger partial charge in [0.05, 0.1) is 24.0 Å². The van der Waals surface area contributed by atoms with E-state index in [0.29, 0.717) is 0 Å². The maximum Gasteiger partial charge on any atom is 0.130 e. The molecule has 2 heterocycles. The summed E-state index contributed by atoms with van der Waals surface area (Å²) in [5.41, 5.74) is 2.02. The van der Waals surface area contributed by atoms with Gasteiger partial charge in [-0.05, 0) is 12.1 Å². The third-order valence-corrected chi connectivity index (χ3v) is 3.34. The first-order valence-corrected chi connectivity index (χ1v) is 5.84. The van der Waals surface area contributed by atoms with Gasteiger partial charge in [0.15, 0.2) is 0 Å². The van der Waals surface area contributed by atoms with E-state index < -0.39 is 6.10 Å². The van der Waals surface area contributed by atoms with E-state index in [1.165, 1.54) is 0 Å². The quantitative estimate of drug-likeness (QED) is 0.596. The van der Waals surface area contributed by atoms with Gasteiger partial charge in [-0.25, -0.2) is 0 Å². The Labute approximate surface area is 99.4 Å². The highest BCUT2D eigenvalue weighted by molar-refractivity contribution is 5.70. The van der Waals surface area contributed by atoms with Crippen molar-refractivity contribution < 1.29 is 14.9 Å². The molecule has 0 aromatic heterocycles. The van der Waals surface area contributed by atoms with Gasteiger partial charge in [0, 0.05) is 6.42 Å². The molecule has 0 unspecified atom stereocenters. The minimum atomic E-state index is -0.843. The molecule has 3 rings (SSSR count). The van der Waals surface area contributed by atoms with E-state index in [2.05, 4.69) is 10.6 Å². The molecule has 1 aromatic carbocycles. The van der Waals surface area contributed by atoms with Crippen LogP contribution in [0.5, 0.6) is 0 Å². The number of ether oxygens (including phenoxy) is 1. The molecule has 17 heavy (non-hydrogen) atoms. The second kappa shape index (κ2) is 4.18. The molecule has 0 saturated carbocycles. The van der Waals surface area contributed by atoms with Crippen LogP contribution in [-0.2, 0) is 4.74 Å². The third-order valence-electron chi connectivity index (χ3n) is 3.34. The van der Waals surface area contributed by atoms with Gasteiger partial charge in [-0.3, -0.25) is 0 Å². The van der Waals surface area contributed by atoms with Gasteiger partial charge in [0.2, 0.25) is 0 Å². The van der Waals surface area contributed by atoms with Gasteiger partial charge >= 0.3 is 0 Å². The molecule has 0 spiro atoms. The molecule has 4 atom stereocenters. The SMILES string of the molecule is OC[C@@H](O)[C@H]1O[C@@H]2C[C@@H]1Nc1ccccc1N2. The van der Waals surface area contributed by atoms with Crippen molar-refractivity contribution >= 4 is 11.4 Å². The first kappa shape index (κ1) is 10.8. The van der Waals surface area contributed by atoms with Crippen LogP contribution in [0.3, 0.4) is 0 Å². The summed E-state index contributed by atoms with van der Waals surface area (Å²) in [5.74, 6) is 0. The van der Waals surface area contributed by atoms with Crippen LogP contribution in [0.1, 0.15) is 6.42 Å². The molecule has 5 heteroatoms. The smallest absolute Gasteiger partial charge is 0.130 e. The van der Waals surface area contributed by atoms with Crippen molar-refractivity contribution in [2.75, 3.05) is 17.2 Å².